The highest BCUT2D eigenvalue weighted by atomic mass is 16.5. The first-order valence-corrected chi connectivity index (χ1v) is 6.48. The molecule has 5 nitrogen and oxygen atoms in total. The van der Waals surface area contributed by atoms with Crippen molar-refractivity contribution in [3.63, 3.8) is 0 Å². The average molecular weight is 240 g/mol. The third-order valence-corrected chi connectivity index (χ3v) is 3.91. The minimum atomic E-state index is -0.0425. The zero-order chi connectivity index (χ0) is 11.7. The standard InChI is InChI=1S/C12H20N2O3/c15-11(13-10-1-2-10)7-14-4-6-17-9-12(14)3-5-16-8-12/h10H,1-9H2,(H,13,15)/t12-/m1/s1. The topological polar surface area (TPSA) is 50.8 Å². The maximum Gasteiger partial charge on any atom is 0.234 e. The maximum absolute atomic E-state index is 11.9. The van der Waals surface area contributed by atoms with E-state index >= 15 is 0 Å². The largest absolute Gasteiger partial charge is 0.379 e. The lowest BCUT2D eigenvalue weighted by atomic mass is 9.96. The highest BCUT2D eigenvalue weighted by Gasteiger charge is 2.43. The van der Waals surface area contributed by atoms with Crippen molar-refractivity contribution in [1.82, 2.24) is 10.2 Å². The predicted octanol–water partition coefficient (Wildman–Crippen LogP) is -0.244. The second-order valence-corrected chi connectivity index (χ2v) is 5.34. The minimum Gasteiger partial charge on any atom is -0.379 e. The molecule has 2 heterocycles. The number of morpholine rings is 1. The fourth-order valence-electron chi connectivity index (χ4n) is 2.65. The summed E-state index contributed by atoms with van der Waals surface area (Å²) in [5.74, 6) is 0.153. The van der Waals surface area contributed by atoms with Crippen molar-refractivity contribution in [3.05, 3.63) is 0 Å². The van der Waals surface area contributed by atoms with Gasteiger partial charge in [-0.2, -0.15) is 0 Å². The summed E-state index contributed by atoms with van der Waals surface area (Å²) < 4.78 is 11.0. The van der Waals surface area contributed by atoms with Gasteiger partial charge in [0.2, 0.25) is 5.91 Å². The number of carbonyl (C=O) groups excluding carboxylic acids is 1. The van der Waals surface area contributed by atoms with E-state index in [-0.39, 0.29) is 11.4 Å². The Morgan fingerprint density at radius 1 is 1.29 bits per heavy atom. The van der Waals surface area contributed by atoms with Crippen molar-refractivity contribution in [2.24, 2.45) is 0 Å². The first-order valence-electron chi connectivity index (χ1n) is 6.48. The van der Waals surface area contributed by atoms with Gasteiger partial charge in [-0.25, -0.2) is 0 Å². The van der Waals surface area contributed by atoms with Crippen LogP contribution in [0.25, 0.3) is 0 Å². The monoisotopic (exact) mass is 240 g/mol. The van der Waals surface area contributed by atoms with Crippen molar-refractivity contribution < 1.29 is 14.3 Å². The van der Waals surface area contributed by atoms with Gasteiger partial charge in [-0.05, 0) is 19.3 Å². The summed E-state index contributed by atoms with van der Waals surface area (Å²) in [5.41, 5.74) is -0.0425. The Morgan fingerprint density at radius 3 is 2.76 bits per heavy atom. The molecule has 1 amide bonds. The summed E-state index contributed by atoms with van der Waals surface area (Å²) in [7, 11) is 0. The van der Waals surface area contributed by atoms with E-state index in [2.05, 4.69) is 10.2 Å². The third kappa shape index (κ3) is 2.46. The molecule has 1 spiro atoms. The molecule has 96 valence electrons. The number of carbonyl (C=O) groups is 1. The van der Waals surface area contributed by atoms with Crippen LogP contribution < -0.4 is 5.32 Å². The van der Waals surface area contributed by atoms with E-state index in [9.17, 15) is 4.79 Å². The average Bonchev–Trinajstić information content (AvgIpc) is 3.00. The van der Waals surface area contributed by atoms with Gasteiger partial charge in [0.15, 0.2) is 0 Å². The molecule has 3 fully saturated rings. The van der Waals surface area contributed by atoms with Crippen LogP contribution in [0.4, 0.5) is 0 Å². The molecule has 2 aliphatic heterocycles. The highest BCUT2D eigenvalue weighted by Crippen LogP contribution is 2.29. The molecule has 17 heavy (non-hydrogen) atoms. The summed E-state index contributed by atoms with van der Waals surface area (Å²) in [4.78, 5) is 14.1. The molecule has 5 heteroatoms. The number of hydrogen-bond acceptors (Lipinski definition) is 4. The van der Waals surface area contributed by atoms with E-state index in [1.807, 2.05) is 0 Å². The lowest BCUT2D eigenvalue weighted by Gasteiger charge is -2.43. The molecule has 0 aromatic rings. The van der Waals surface area contributed by atoms with Crippen LogP contribution in [0.2, 0.25) is 0 Å². The normalized spacial score (nSPS) is 34.1. The molecule has 0 bridgehead atoms. The van der Waals surface area contributed by atoms with Gasteiger partial charge in [0.1, 0.15) is 0 Å². The van der Waals surface area contributed by atoms with E-state index < -0.39 is 0 Å². The summed E-state index contributed by atoms with van der Waals surface area (Å²) in [6, 6.07) is 0.444. The number of ether oxygens (including phenoxy) is 2. The Kier molecular flexibility index (Phi) is 3.06. The molecule has 0 aromatic heterocycles. The fraction of sp³-hybridized carbons (Fsp3) is 0.917. The van der Waals surface area contributed by atoms with Gasteiger partial charge in [0.25, 0.3) is 0 Å². The fourth-order valence-corrected chi connectivity index (χ4v) is 2.65. The zero-order valence-corrected chi connectivity index (χ0v) is 10.1. The number of rotatable bonds is 3. The van der Waals surface area contributed by atoms with Gasteiger partial charge in [-0.1, -0.05) is 0 Å². The molecular weight excluding hydrogens is 220 g/mol. The van der Waals surface area contributed by atoms with Crippen molar-refractivity contribution in [1.29, 1.82) is 0 Å². The molecule has 1 aliphatic carbocycles. The Bertz CT molecular complexity index is 298. The van der Waals surface area contributed by atoms with E-state index in [0.29, 0.717) is 25.8 Å². The maximum atomic E-state index is 11.9. The Balaban J connectivity index is 1.60. The molecule has 1 atom stereocenters. The Labute approximate surface area is 101 Å². The zero-order valence-electron chi connectivity index (χ0n) is 10.1. The summed E-state index contributed by atoms with van der Waals surface area (Å²) in [5, 5.41) is 3.05. The number of amides is 1. The first-order chi connectivity index (χ1) is 8.28. The Morgan fingerprint density at radius 2 is 2.06 bits per heavy atom. The molecule has 0 aromatic carbocycles. The quantitative estimate of drug-likeness (QED) is 0.739. The molecule has 1 saturated carbocycles. The van der Waals surface area contributed by atoms with Crippen molar-refractivity contribution in [2.75, 3.05) is 39.5 Å². The smallest absolute Gasteiger partial charge is 0.234 e. The second-order valence-electron chi connectivity index (χ2n) is 5.34. The summed E-state index contributed by atoms with van der Waals surface area (Å²) >= 11 is 0. The van der Waals surface area contributed by atoms with Gasteiger partial charge >= 0.3 is 0 Å². The van der Waals surface area contributed by atoms with E-state index in [1.54, 1.807) is 0 Å². The van der Waals surface area contributed by atoms with Gasteiger partial charge in [0.05, 0.1) is 31.9 Å². The van der Waals surface area contributed by atoms with Crippen molar-refractivity contribution in [2.45, 2.75) is 30.8 Å². The van der Waals surface area contributed by atoms with Crippen LogP contribution in [0.1, 0.15) is 19.3 Å². The molecule has 3 rings (SSSR count). The Hall–Kier alpha value is -0.650. The van der Waals surface area contributed by atoms with E-state index in [1.165, 1.54) is 0 Å². The lowest BCUT2D eigenvalue weighted by Crippen LogP contribution is -2.59. The molecule has 0 radical (unpaired) electrons. The van der Waals surface area contributed by atoms with Gasteiger partial charge in [0, 0.05) is 19.2 Å². The molecule has 1 N–H and O–H groups in total. The molecule has 3 aliphatic rings. The number of hydrogen-bond donors (Lipinski definition) is 1. The van der Waals surface area contributed by atoms with Crippen LogP contribution in [0.5, 0.6) is 0 Å². The highest BCUT2D eigenvalue weighted by molar-refractivity contribution is 5.78. The van der Waals surface area contributed by atoms with Gasteiger partial charge in [-0.15, -0.1) is 0 Å². The lowest BCUT2D eigenvalue weighted by molar-refractivity contribution is -0.129. The van der Waals surface area contributed by atoms with Gasteiger partial charge < -0.3 is 14.8 Å². The SMILES string of the molecule is O=C(CN1CCOC[C@]12CCOC2)NC1CC1. The third-order valence-electron chi connectivity index (χ3n) is 3.91. The first kappa shape index (κ1) is 11.4. The van der Waals surface area contributed by atoms with Crippen molar-refractivity contribution in [3.8, 4) is 0 Å². The predicted molar refractivity (Wildman–Crippen MR) is 61.7 cm³/mol. The van der Waals surface area contributed by atoms with Crippen LogP contribution in [0.3, 0.4) is 0 Å². The van der Waals surface area contributed by atoms with Crippen LogP contribution >= 0.6 is 0 Å². The van der Waals surface area contributed by atoms with E-state index in [4.69, 9.17) is 9.47 Å². The van der Waals surface area contributed by atoms with Crippen LogP contribution in [0, 0.1) is 0 Å². The number of nitrogens with zero attached hydrogens (tertiary/aromatic N) is 1. The summed E-state index contributed by atoms with van der Waals surface area (Å²) in [6.45, 7) is 4.22. The molecular formula is C12H20N2O3. The van der Waals surface area contributed by atoms with Gasteiger partial charge in [-0.3, -0.25) is 9.69 Å². The van der Waals surface area contributed by atoms with E-state index in [0.717, 1.165) is 39.0 Å². The summed E-state index contributed by atoms with van der Waals surface area (Å²) in [6.07, 6.45) is 3.26. The molecule has 2 saturated heterocycles. The second kappa shape index (κ2) is 4.55. The van der Waals surface area contributed by atoms with Crippen LogP contribution in [0.15, 0.2) is 0 Å². The molecule has 0 unspecified atom stereocenters. The minimum absolute atomic E-state index is 0.0425. The van der Waals surface area contributed by atoms with Crippen LogP contribution in [-0.4, -0.2) is 61.9 Å². The van der Waals surface area contributed by atoms with Crippen LogP contribution in [-0.2, 0) is 14.3 Å². The van der Waals surface area contributed by atoms with Crippen molar-refractivity contribution >= 4 is 5.91 Å². The number of nitrogens with one attached hydrogen (secondary N) is 1.